The summed E-state index contributed by atoms with van der Waals surface area (Å²) in [6, 6.07) is 1.71. The molecule has 0 bridgehead atoms. The first-order valence-electron chi connectivity index (χ1n) is 6.66. The van der Waals surface area contributed by atoms with Crippen molar-refractivity contribution in [3.63, 3.8) is 0 Å². The van der Waals surface area contributed by atoms with Crippen LogP contribution in [0.5, 0.6) is 0 Å². The van der Waals surface area contributed by atoms with E-state index in [9.17, 15) is 4.79 Å². The summed E-state index contributed by atoms with van der Waals surface area (Å²) in [5.74, 6) is 1.01. The van der Waals surface area contributed by atoms with Crippen molar-refractivity contribution in [2.75, 3.05) is 6.54 Å². The van der Waals surface area contributed by atoms with Crippen LogP contribution in [-0.4, -0.2) is 18.0 Å². The van der Waals surface area contributed by atoms with Crippen LogP contribution < -0.4 is 11.1 Å². The standard InChI is InChI=1S/C14H22N2O2/c1-10-5-3-4-7-14(10,9-15)16-13(17)12-6-8-18-11(12)2/h6,8,10H,3-5,7,9,15H2,1-2H3,(H,16,17). The summed E-state index contributed by atoms with van der Waals surface area (Å²) < 4.78 is 5.18. The highest BCUT2D eigenvalue weighted by atomic mass is 16.3. The second-order valence-corrected chi connectivity index (χ2v) is 5.35. The number of furan rings is 1. The Balaban J connectivity index is 2.15. The number of hydrogen-bond donors (Lipinski definition) is 2. The van der Waals surface area contributed by atoms with Gasteiger partial charge in [0.05, 0.1) is 17.4 Å². The van der Waals surface area contributed by atoms with E-state index in [1.807, 2.05) is 0 Å². The van der Waals surface area contributed by atoms with E-state index in [0.717, 1.165) is 19.3 Å². The summed E-state index contributed by atoms with van der Waals surface area (Å²) in [5.41, 5.74) is 6.29. The maximum atomic E-state index is 12.3. The van der Waals surface area contributed by atoms with Crippen molar-refractivity contribution in [1.82, 2.24) is 5.32 Å². The number of amides is 1. The zero-order valence-corrected chi connectivity index (χ0v) is 11.2. The van der Waals surface area contributed by atoms with Gasteiger partial charge in [0.1, 0.15) is 5.76 Å². The fourth-order valence-corrected chi connectivity index (χ4v) is 2.87. The summed E-state index contributed by atoms with van der Waals surface area (Å²) in [6.07, 6.45) is 5.99. The minimum atomic E-state index is -0.251. The molecule has 100 valence electrons. The topological polar surface area (TPSA) is 68.3 Å². The molecule has 1 aliphatic rings. The molecule has 4 nitrogen and oxygen atoms in total. The highest BCUT2D eigenvalue weighted by Gasteiger charge is 2.38. The monoisotopic (exact) mass is 250 g/mol. The van der Waals surface area contributed by atoms with E-state index in [4.69, 9.17) is 10.2 Å². The first kappa shape index (κ1) is 13.1. The Hall–Kier alpha value is -1.29. The van der Waals surface area contributed by atoms with Gasteiger partial charge < -0.3 is 15.5 Å². The molecule has 0 aromatic carbocycles. The molecule has 0 aliphatic heterocycles. The molecule has 0 saturated heterocycles. The van der Waals surface area contributed by atoms with E-state index in [1.165, 1.54) is 6.42 Å². The Morgan fingerprint density at radius 1 is 1.61 bits per heavy atom. The van der Waals surface area contributed by atoms with E-state index in [0.29, 0.717) is 23.8 Å². The summed E-state index contributed by atoms with van der Waals surface area (Å²) in [5, 5.41) is 3.15. The molecular formula is C14H22N2O2. The molecule has 18 heavy (non-hydrogen) atoms. The maximum absolute atomic E-state index is 12.3. The summed E-state index contributed by atoms with van der Waals surface area (Å²) in [6.45, 7) is 4.47. The van der Waals surface area contributed by atoms with Gasteiger partial charge in [-0.15, -0.1) is 0 Å². The number of hydrogen-bond acceptors (Lipinski definition) is 3. The maximum Gasteiger partial charge on any atom is 0.255 e. The van der Waals surface area contributed by atoms with Gasteiger partial charge in [0, 0.05) is 6.54 Å². The molecule has 2 unspecified atom stereocenters. The van der Waals surface area contributed by atoms with Crippen LogP contribution >= 0.6 is 0 Å². The summed E-state index contributed by atoms with van der Waals surface area (Å²) in [7, 11) is 0. The average Bonchev–Trinajstić information content (AvgIpc) is 2.78. The van der Waals surface area contributed by atoms with Crippen molar-refractivity contribution >= 4 is 5.91 Å². The molecule has 1 fully saturated rings. The second kappa shape index (κ2) is 5.14. The molecule has 1 aromatic rings. The lowest BCUT2D eigenvalue weighted by atomic mass is 9.73. The third-order valence-corrected chi connectivity index (χ3v) is 4.28. The first-order valence-corrected chi connectivity index (χ1v) is 6.66. The number of aryl methyl sites for hydroxylation is 1. The lowest BCUT2D eigenvalue weighted by molar-refractivity contribution is 0.0811. The van der Waals surface area contributed by atoms with Gasteiger partial charge in [0.2, 0.25) is 0 Å². The van der Waals surface area contributed by atoms with Gasteiger partial charge in [-0.2, -0.15) is 0 Å². The first-order chi connectivity index (χ1) is 8.59. The van der Waals surface area contributed by atoms with Crippen LogP contribution in [-0.2, 0) is 0 Å². The molecule has 1 aliphatic carbocycles. The number of nitrogens with one attached hydrogen (secondary N) is 1. The smallest absolute Gasteiger partial charge is 0.255 e. The molecule has 2 atom stereocenters. The number of nitrogens with two attached hydrogens (primary N) is 1. The van der Waals surface area contributed by atoms with E-state index in [2.05, 4.69) is 12.2 Å². The Labute approximate surface area is 108 Å². The largest absolute Gasteiger partial charge is 0.469 e. The molecule has 3 N–H and O–H groups in total. The Kier molecular flexibility index (Phi) is 3.76. The van der Waals surface area contributed by atoms with Gasteiger partial charge in [-0.3, -0.25) is 4.79 Å². The highest BCUT2D eigenvalue weighted by molar-refractivity contribution is 5.95. The number of carbonyl (C=O) groups is 1. The predicted molar refractivity (Wildman–Crippen MR) is 70.3 cm³/mol. The summed E-state index contributed by atoms with van der Waals surface area (Å²) in [4.78, 5) is 12.3. The van der Waals surface area contributed by atoms with Gasteiger partial charge in [-0.25, -0.2) is 0 Å². The SMILES string of the molecule is Cc1occc1C(=O)NC1(CN)CCCCC1C. The van der Waals surface area contributed by atoms with Gasteiger partial charge in [-0.05, 0) is 31.7 Å². The van der Waals surface area contributed by atoms with Gasteiger partial charge >= 0.3 is 0 Å². The van der Waals surface area contributed by atoms with Crippen LogP contribution in [0.2, 0.25) is 0 Å². The number of carbonyl (C=O) groups excluding carboxylic acids is 1. The van der Waals surface area contributed by atoms with Gasteiger partial charge in [-0.1, -0.05) is 19.8 Å². The Morgan fingerprint density at radius 3 is 2.94 bits per heavy atom. The minimum Gasteiger partial charge on any atom is -0.469 e. The van der Waals surface area contributed by atoms with Crippen molar-refractivity contribution in [3.05, 3.63) is 23.7 Å². The molecule has 1 amide bonds. The van der Waals surface area contributed by atoms with Crippen molar-refractivity contribution in [3.8, 4) is 0 Å². The van der Waals surface area contributed by atoms with Gasteiger partial charge in [0.15, 0.2) is 0 Å². The predicted octanol–water partition coefficient (Wildman–Crippen LogP) is 2.23. The molecule has 1 aromatic heterocycles. The van der Waals surface area contributed by atoms with Crippen LogP contribution in [0.25, 0.3) is 0 Å². The van der Waals surface area contributed by atoms with Crippen LogP contribution in [0.4, 0.5) is 0 Å². The molecule has 0 spiro atoms. The normalized spacial score (nSPS) is 28.1. The Bertz CT molecular complexity index is 427. The molecule has 4 heteroatoms. The highest BCUT2D eigenvalue weighted by Crippen LogP contribution is 2.33. The van der Waals surface area contributed by atoms with Crippen molar-refractivity contribution < 1.29 is 9.21 Å². The zero-order valence-electron chi connectivity index (χ0n) is 11.2. The minimum absolute atomic E-state index is 0.0690. The molecule has 2 rings (SSSR count). The summed E-state index contributed by atoms with van der Waals surface area (Å²) >= 11 is 0. The average molecular weight is 250 g/mol. The second-order valence-electron chi connectivity index (χ2n) is 5.35. The fraction of sp³-hybridized carbons (Fsp3) is 0.643. The van der Waals surface area contributed by atoms with Crippen LogP contribution in [0, 0.1) is 12.8 Å². The third-order valence-electron chi connectivity index (χ3n) is 4.28. The quantitative estimate of drug-likeness (QED) is 0.864. The van der Waals surface area contributed by atoms with E-state index in [1.54, 1.807) is 19.3 Å². The molecule has 1 heterocycles. The van der Waals surface area contributed by atoms with E-state index >= 15 is 0 Å². The van der Waals surface area contributed by atoms with E-state index < -0.39 is 0 Å². The molecule has 0 radical (unpaired) electrons. The number of rotatable bonds is 3. The van der Waals surface area contributed by atoms with Crippen molar-refractivity contribution in [1.29, 1.82) is 0 Å². The molecule has 1 saturated carbocycles. The van der Waals surface area contributed by atoms with Crippen molar-refractivity contribution in [2.24, 2.45) is 11.7 Å². The van der Waals surface area contributed by atoms with E-state index in [-0.39, 0.29) is 11.4 Å². The van der Waals surface area contributed by atoms with Crippen molar-refractivity contribution in [2.45, 2.75) is 45.1 Å². The van der Waals surface area contributed by atoms with Crippen LogP contribution in [0.3, 0.4) is 0 Å². The lowest BCUT2D eigenvalue weighted by Gasteiger charge is -2.42. The Morgan fingerprint density at radius 2 is 2.39 bits per heavy atom. The molecular weight excluding hydrogens is 228 g/mol. The van der Waals surface area contributed by atoms with Gasteiger partial charge in [0.25, 0.3) is 5.91 Å². The third kappa shape index (κ3) is 2.29. The van der Waals surface area contributed by atoms with Crippen LogP contribution in [0.15, 0.2) is 16.7 Å². The fourth-order valence-electron chi connectivity index (χ4n) is 2.87. The zero-order chi connectivity index (χ0) is 13.2. The van der Waals surface area contributed by atoms with Crippen LogP contribution in [0.1, 0.15) is 48.7 Å². The lowest BCUT2D eigenvalue weighted by Crippen LogP contribution is -2.59.